The van der Waals surface area contributed by atoms with Crippen LogP contribution in [-0.4, -0.2) is 25.7 Å². The van der Waals surface area contributed by atoms with Crippen LogP contribution in [0.4, 0.5) is 0 Å². The van der Waals surface area contributed by atoms with Crippen molar-refractivity contribution in [3.63, 3.8) is 0 Å². The Hall–Kier alpha value is -1.06. The van der Waals surface area contributed by atoms with Crippen molar-refractivity contribution in [1.29, 1.82) is 0 Å². The first kappa shape index (κ1) is 18.0. The maximum atomic E-state index is 11.4. The molecule has 0 spiro atoms. The highest BCUT2D eigenvalue weighted by Gasteiger charge is 2.26. The SMILES string of the molecule is COC(=O)[C@H]1CC[C@H](NCCCc2ccccc2)CC1.Cl. The number of nitrogens with one attached hydrogen (secondary N) is 1. The van der Waals surface area contributed by atoms with E-state index in [1.165, 1.54) is 19.1 Å². The van der Waals surface area contributed by atoms with Crippen LogP contribution in [0.5, 0.6) is 0 Å². The second kappa shape index (κ2) is 9.80. The molecule has 1 aromatic carbocycles. The molecule has 0 heterocycles. The lowest BCUT2D eigenvalue weighted by Gasteiger charge is -2.27. The van der Waals surface area contributed by atoms with Crippen molar-refractivity contribution in [3.8, 4) is 0 Å². The molecule has 3 nitrogen and oxygen atoms in total. The fourth-order valence-corrected chi connectivity index (χ4v) is 2.94. The zero-order chi connectivity index (χ0) is 14.2. The van der Waals surface area contributed by atoms with Crippen molar-refractivity contribution in [1.82, 2.24) is 5.32 Å². The lowest BCUT2D eigenvalue weighted by atomic mass is 9.86. The number of rotatable bonds is 6. The van der Waals surface area contributed by atoms with E-state index in [-0.39, 0.29) is 24.3 Å². The van der Waals surface area contributed by atoms with Crippen LogP contribution in [-0.2, 0) is 16.0 Å². The third-order valence-corrected chi connectivity index (χ3v) is 4.18. The van der Waals surface area contributed by atoms with Gasteiger partial charge in [0.2, 0.25) is 0 Å². The van der Waals surface area contributed by atoms with Gasteiger partial charge in [0.25, 0.3) is 0 Å². The van der Waals surface area contributed by atoms with Crippen LogP contribution >= 0.6 is 12.4 Å². The maximum absolute atomic E-state index is 11.4. The minimum atomic E-state index is -0.0347. The van der Waals surface area contributed by atoms with Gasteiger partial charge in [0.15, 0.2) is 0 Å². The predicted molar refractivity (Wildman–Crippen MR) is 87.8 cm³/mol. The van der Waals surface area contributed by atoms with Gasteiger partial charge in [-0.05, 0) is 50.6 Å². The fourth-order valence-electron chi connectivity index (χ4n) is 2.94. The van der Waals surface area contributed by atoms with Gasteiger partial charge in [0.1, 0.15) is 0 Å². The fraction of sp³-hybridized carbons (Fsp3) is 0.588. The zero-order valence-corrected chi connectivity index (χ0v) is 13.5. The lowest BCUT2D eigenvalue weighted by molar-refractivity contribution is -0.146. The first-order valence-electron chi connectivity index (χ1n) is 7.64. The molecule has 0 atom stereocenters. The van der Waals surface area contributed by atoms with E-state index >= 15 is 0 Å². The van der Waals surface area contributed by atoms with Crippen LogP contribution in [0.25, 0.3) is 0 Å². The number of esters is 1. The van der Waals surface area contributed by atoms with Crippen LogP contribution in [0.2, 0.25) is 0 Å². The normalized spacial score (nSPS) is 21.4. The van der Waals surface area contributed by atoms with Gasteiger partial charge in [-0.2, -0.15) is 0 Å². The smallest absolute Gasteiger partial charge is 0.308 e. The summed E-state index contributed by atoms with van der Waals surface area (Å²) in [4.78, 5) is 11.4. The maximum Gasteiger partial charge on any atom is 0.308 e. The Balaban J connectivity index is 0.00000220. The zero-order valence-electron chi connectivity index (χ0n) is 12.7. The van der Waals surface area contributed by atoms with Crippen molar-refractivity contribution in [2.45, 2.75) is 44.6 Å². The standard InChI is InChI=1S/C17H25NO2.ClH/c1-20-17(19)15-9-11-16(12-10-15)18-13-5-8-14-6-3-2-4-7-14;/h2-4,6-7,15-16,18H,5,8-13H2,1H3;1H/t15-,16-;. The second-order valence-electron chi connectivity index (χ2n) is 5.61. The molecule has 21 heavy (non-hydrogen) atoms. The number of benzene rings is 1. The average Bonchev–Trinajstić information content (AvgIpc) is 2.52. The van der Waals surface area contributed by atoms with Gasteiger partial charge in [-0.25, -0.2) is 0 Å². The molecule has 0 bridgehead atoms. The Morgan fingerprint density at radius 3 is 2.48 bits per heavy atom. The topological polar surface area (TPSA) is 38.3 Å². The van der Waals surface area contributed by atoms with E-state index in [0.29, 0.717) is 6.04 Å². The Kier molecular flexibility index (Phi) is 8.40. The third kappa shape index (κ3) is 6.06. The van der Waals surface area contributed by atoms with E-state index in [1.54, 1.807) is 0 Å². The molecule has 0 amide bonds. The molecule has 1 aliphatic carbocycles. The van der Waals surface area contributed by atoms with E-state index in [4.69, 9.17) is 4.74 Å². The highest BCUT2D eigenvalue weighted by atomic mass is 35.5. The molecule has 1 N–H and O–H groups in total. The van der Waals surface area contributed by atoms with Gasteiger partial charge in [-0.1, -0.05) is 30.3 Å². The van der Waals surface area contributed by atoms with Crippen LogP contribution < -0.4 is 5.32 Å². The van der Waals surface area contributed by atoms with Crippen molar-refractivity contribution < 1.29 is 9.53 Å². The minimum Gasteiger partial charge on any atom is -0.469 e. The predicted octanol–water partition coefficient (Wildman–Crippen LogP) is 3.36. The summed E-state index contributed by atoms with van der Waals surface area (Å²) >= 11 is 0. The van der Waals surface area contributed by atoms with Crippen molar-refractivity contribution in [2.75, 3.05) is 13.7 Å². The number of hydrogen-bond acceptors (Lipinski definition) is 3. The molecule has 1 aliphatic rings. The molecule has 118 valence electrons. The average molecular weight is 312 g/mol. The number of carbonyl (C=O) groups is 1. The van der Waals surface area contributed by atoms with Crippen LogP contribution in [0.1, 0.15) is 37.7 Å². The van der Waals surface area contributed by atoms with Gasteiger partial charge in [0, 0.05) is 6.04 Å². The highest BCUT2D eigenvalue weighted by molar-refractivity contribution is 5.85. The molecule has 1 saturated carbocycles. The van der Waals surface area contributed by atoms with Crippen LogP contribution in [0.3, 0.4) is 0 Å². The Bertz CT molecular complexity index is 403. The molecule has 0 aromatic heterocycles. The van der Waals surface area contributed by atoms with Crippen LogP contribution in [0.15, 0.2) is 30.3 Å². The van der Waals surface area contributed by atoms with Gasteiger partial charge in [0.05, 0.1) is 13.0 Å². The van der Waals surface area contributed by atoms with Gasteiger partial charge >= 0.3 is 5.97 Å². The van der Waals surface area contributed by atoms with E-state index < -0.39 is 0 Å². The van der Waals surface area contributed by atoms with Crippen molar-refractivity contribution in [2.24, 2.45) is 5.92 Å². The first-order valence-corrected chi connectivity index (χ1v) is 7.64. The number of aryl methyl sites for hydroxylation is 1. The Morgan fingerprint density at radius 2 is 1.86 bits per heavy atom. The highest BCUT2D eigenvalue weighted by Crippen LogP contribution is 2.25. The summed E-state index contributed by atoms with van der Waals surface area (Å²) in [6, 6.07) is 11.2. The van der Waals surface area contributed by atoms with Crippen molar-refractivity contribution in [3.05, 3.63) is 35.9 Å². The number of methoxy groups -OCH3 is 1. The summed E-state index contributed by atoms with van der Waals surface area (Å²) in [5.41, 5.74) is 1.41. The quantitative estimate of drug-likeness (QED) is 0.646. The van der Waals surface area contributed by atoms with E-state index in [0.717, 1.165) is 38.6 Å². The Labute approximate surface area is 133 Å². The Morgan fingerprint density at radius 1 is 1.19 bits per heavy atom. The molecule has 2 rings (SSSR count). The van der Waals surface area contributed by atoms with Gasteiger partial charge in [-0.15, -0.1) is 12.4 Å². The number of ether oxygens (including phenoxy) is 1. The van der Waals surface area contributed by atoms with Crippen LogP contribution in [0, 0.1) is 5.92 Å². The molecule has 0 unspecified atom stereocenters. The summed E-state index contributed by atoms with van der Waals surface area (Å²) in [5.74, 6) is 0.0925. The second-order valence-corrected chi connectivity index (χ2v) is 5.61. The molecule has 1 fully saturated rings. The molecular weight excluding hydrogens is 286 g/mol. The van der Waals surface area contributed by atoms with E-state index in [2.05, 4.69) is 35.6 Å². The van der Waals surface area contributed by atoms with Crippen molar-refractivity contribution >= 4 is 18.4 Å². The summed E-state index contributed by atoms with van der Waals surface area (Å²) in [5, 5.41) is 3.62. The summed E-state index contributed by atoms with van der Waals surface area (Å²) in [6.45, 7) is 1.06. The lowest BCUT2D eigenvalue weighted by Crippen LogP contribution is -2.35. The monoisotopic (exact) mass is 311 g/mol. The largest absolute Gasteiger partial charge is 0.469 e. The first-order chi connectivity index (χ1) is 9.79. The third-order valence-electron chi connectivity index (χ3n) is 4.18. The minimum absolute atomic E-state index is 0. The number of carbonyl (C=O) groups excluding carboxylic acids is 1. The van der Waals surface area contributed by atoms with Gasteiger partial charge < -0.3 is 10.1 Å². The van der Waals surface area contributed by atoms with E-state index in [9.17, 15) is 4.79 Å². The number of hydrogen-bond donors (Lipinski definition) is 1. The van der Waals surface area contributed by atoms with Gasteiger partial charge in [-0.3, -0.25) is 4.79 Å². The molecular formula is C17H26ClNO2. The molecule has 0 aliphatic heterocycles. The molecule has 0 saturated heterocycles. The summed E-state index contributed by atoms with van der Waals surface area (Å²) in [6.07, 6.45) is 6.40. The summed E-state index contributed by atoms with van der Waals surface area (Å²) in [7, 11) is 1.48. The van der Waals surface area contributed by atoms with E-state index in [1.807, 2.05) is 0 Å². The number of halogens is 1. The summed E-state index contributed by atoms with van der Waals surface area (Å²) < 4.78 is 4.81. The molecule has 4 heteroatoms. The molecule has 1 aromatic rings. The molecule has 0 radical (unpaired) electrons.